The summed E-state index contributed by atoms with van der Waals surface area (Å²) >= 11 is 0. The van der Waals surface area contributed by atoms with Crippen LogP contribution in [0.15, 0.2) is 76.2 Å². The lowest BCUT2D eigenvalue weighted by Crippen LogP contribution is -2.28. The monoisotopic (exact) mass is 472 g/mol. The summed E-state index contributed by atoms with van der Waals surface area (Å²) in [7, 11) is 3.21. The van der Waals surface area contributed by atoms with Gasteiger partial charge in [-0.1, -0.05) is 26.0 Å². The smallest absolute Gasteiger partial charge is 0.247 e. The Labute approximate surface area is 202 Å². The summed E-state index contributed by atoms with van der Waals surface area (Å²) in [5.74, 6) is 0.550. The SMILES string of the molecule is CCC(C=CC(C)CNC(=O)C(C)=CC(OC)=C(C)OCCO)=CC(=NC)c1ccc(F)cc1. The van der Waals surface area contributed by atoms with E-state index in [1.807, 2.05) is 25.2 Å². The molecule has 1 atom stereocenters. The minimum absolute atomic E-state index is 0.101. The zero-order valence-corrected chi connectivity index (χ0v) is 21.0. The van der Waals surface area contributed by atoms with Crippen LogP contribution < -0.4 is 5.32 Å². The van der Waals surface area contributed by atoms with Gasteiger partial charge in [-0.25, -0.2) is 4.39 Å². The molecule has 186 valence electrons. The maximum atomic E-state index is 13.2. The zero-order chi connectivity index (χ0) is 25.5. The summed E-state index contributed by atoms with van der Waals surface area (Å²) in [5.41, 5.74) is 3.19. The summed E-state index contributed by atoms with van der Waals surface area (Å²) in [6.45, 7) is 8.02. The number of aliphatic hydroxyl groups excluding tert-OH is 1. The number of allylic oxidation sites excluding steroid dienone is 5. The molecular formula is C27H37FN2O4. The van der Waals surface area contributed by atoms with Crippen LogP contribution in [0.5, 0.6) is 0 Å². The molecule has 0 aliphatic heterocycles. The number of aliphatic hydroxyl groups is 1. The van der Waals surface area contributed by atoms with Crippen molar-refractivity contribution in [1.29, 1.82) is 0 Å². The molecule has 0 saturated carbocycles. The Morgan fingerprint density at radius 3 is 2.47 bits per heavy atom. The Morgan fingerprint density at radius 2 is 1.91 bits per heavy atom. The van der Waals surface area contributed by atoms with Gasteiger partial charge in [0.25, 0.3) is 0 Å². The second kappa shape index (κ2) is 15.6. The fraction of sp³-hybridized carbons (Fsp3) is 0.407. The third-order valence-corrected chi connectivity index (χ3v) is 5.02. The topological polar surface area (TPSA) is 80.2 Å². The molecule has 1 aromatic carbocycles. The number of carbonyl (C=O) groups is 1. The van der Waals surface area contributed by atoms with E-state index in [0.29, 0.717) is 23.6 Å². The van der Waals surface area contributed by atoms with Gasteiger partial charge in [-0.3, -0.25) is 9.79 Å². The number of amides is 1. The van der Waals surface area contributed by atoms with Crippen molar-refractivity contribution in [1.82, 2.24) is 5.32 Å². The molecule has 2 N–H and O–H groups in total. The Bertz CT molecular complexity index is 944. The molecule has 0 fully saturated rings. The maximum Gasteiger partial charge on any atom is 0.247 e. The molecule has 0 bridgehead atoms. The number of hydrogen-bond acceptors (Lipinski definition) is 5. The van der Waals surface area contributed by atoms with Crippen molar-refractivity contribution in [3.05, 3.63) is 82.6 Å². The number of rotatable bonds is 13. The summed E-state index contributed by atoms with van der Waals surface area (Å²) in [6, 6.07) is 6.27. The third kappa shape index (κ3) is 10.2. The summed E-state index contributed by atoms with van der Waals surface area (Å²) in [6.07, 6.45) is 8.48. The van der Waals surface area contributed by atoms with Crippen molar-refractivity contribution in [3.63, 3.8) is 0 Å². The second-order valence-electron chi connectivity index (χ2n) is 7.76. The average molecular weight is 473 g/mol. The Kier molecular flexibility index (Phi) is 13.2. The molecule has 0 radical (unpaired) electrons. The van der Waals surface area contributed by atoms with Crippen LogP contribution in [-0.4, -0.2) is 50.6 Å². The number of carbonyl (C=O) groups excluding carboxylic acids is 1. The molecule has 0 heterocycles. The molecule has 1 unspecified atom stereocenters. The number of benzene rings is 1. The number of nitrogens with zero attached hydrogens (tertiary/aromatic N) is 1. The standard InChI is InChI=1S/C27H37FN2O4/c1-7-22(17-25(29-5)23-10-12-24(28)13-11-23)9-8-19(2)18-30-27(32)20(3)16-26(33-6)21(4)34-15-14-31/h8-13,16-17,19,31H,7,14-15,18H2,1-6H3,(H,30,32). The van der Waals surface area contributed by atoms with Crippen LogP contribution in [0.3, 0.4) is 0 Å². The number of ether oxygens (including phenoxy) is 2. The van der Waals surface area contributed by atoms with Gasteiger partial charge in [0.1, 0.15) is 18.2 Å². The van der Waals surface area contributed by atoms with E-state index in [-0.39, 0.29) is 30.9 Å². The van der Waals surface area contributed by atoms with Crippen LogP contribution >= 0.6 is 0 Å². The molecule has 0 spiro atoms. The predicted octanol–water partition coefficient (Wildman–Crippen LogP) is 4.72. The first kappa shape index (κ1) is 28.8. The van der Waals surface area contributed by atoms with Gasteiger partial charge in [0, 0.05) is 19.2 Å². The number of methoxy groups -OCH3 is 1. The van der Waals surface area contributed by atoms with Gasteiger partial charge in [0.05, 0.1) is 19.4 Å². The summed E-state index contributed by atoms with van der Waals surface area (Å²) in [5, 5.41) is 11.8. The van der Waals surface area contributed by atoms with Crippen molar-refractivity contribution in [2.45, 2.75) is 34.1 Å². The van der Waals surface area contributed by atoms with Crippen LogP contribution in [0.1, 0.15) is 39.7 Å². The van der Waals surface area contributed by atoms with E-state index in [2.05, 4.69) is 17.2 Å². The summed E-state index contributed by atoms with van der Waals surface area (Å²) < 4.78 is 23.8. The highest BCUT2D eigenvalue weighted by atomic mass is 19.1. The number of aliphatic imine (C=N–C) groups is 1. The normalized spacial score (nSPS) is 14.6. The Balaban J connectivity index is 2.77. The van der Waals surface area contributed by atoms with Crippen molar-refractivity contribution in [3.8, 4) is 0 Å². The fourth-order valence-corrected chi connectivity index (χ4v) is 2.93. The average Bonchev–Trinajstić information content (AvgIpc) is 2.84. The molecule has 1 aromatic rings. The molecule has 0 aromatic heterocycles. The molecule has 1 rings (SSSR count). The first-order chi connectivity index (χ1) is 16.2. The van der Waals surface area contributed by atoms with Gasteiger partial charge in [0.2, 0.25) is 5.91 Å². The van der Waals surface area contributed by atoms with Crippen LogP contribution in [0.4, 0.5) is 4.39 Å². The molecule has 7 heteroatoms. The quantitative estimate of drug-likeness (QED) is 0.188. The van der Waals surface area contributed by atoms with E-state index in [9.17, 15) is 9.18 Å². The van der Waals surface area contributed by atoms with Gasteiger partial charge < -0.3 is 19.9 Å². The van der Waals surface area contributed by atoms with Crippen molar-refractivity contribution >= 4 is 11.6 Å². The number of halogens is 1. The number of hydrogen-bond donors (Lipinski definition) is 2. The predicted molar refractivity (Wildman–Crippen MR) is 135 cm³/mol. The number of nitrogens with one attached hydrogen (secondary N) is 1. The van der Waals surface area contributed by atoms with Gasteiger partial charge in [-0.2, -0.15) is 0 Å². The zero-order valence-electron chi connectivity index (χ0n) is 21.0. The molecule has 6 nitrogen and oxygen atoms in total. The first-order valence-corrected chi connectivity index (χ1v) is 11.3. The van der Waals surface area contributed by atoms with Gasteiger partial charge >= 0.3 is 0 Å². The van der Waals surface area contributed by atoms with Crippen LogP contribution in [0.25, 0.3) is 0 Å². The Hall–Kier alpha value is -3.19. The minimum atomic E-state index is -0.278. The van der Waals surface area contributed by atoms with E-state index >= 15 is 0 Å². The lowest BCUT2D eigenvalue weighted by molar-refractivity contribution is -0.117. The molecule has 0 saturated heterocycles. The van der Waals surface area contributed by atoms with E-state index in [4.69, 9.17) is 14.6 Å². The van der Waals surface area contributed by atoms with Crippen molar-refractivity contribution in [2.24, 2.45) is 10.9 Å². The molecule has 1 amide bonds. The highest BCUT2D eigenvalue weighted by Crippen LogP contribution is 2.13. The second-order valence-corrected chi connectivity index (χ2v) is 7.76. The fourth-order valence-electron chi connectivity index (χ4n) is 2.93. The van der Waals surface area contributed by atoms with Crippen LogP contribution in [0.2, 0.25) is 0 Å². The highest BCUT2D eigenvalue weighted by molar-refractivity contribution is 6.09. The van der Waals surface area contributed by atoms with Crippen LogP contribution in [-0.2, 0) is 14.3 Å². The van der Waals surface area contributed by atoms with E-state index < -0.39 is 0 Å². The first-order valence-electron chi connectivity index (χ1n) is 11.3. The van der Waals surface area contributed by atoms with E-state index in [1.165, 1.54) is 19.2 Å². The van der Waals surface area contributed by atoms with Crippen molar-refractivity contribution in [2.75, 3.05) is 33.9 Å². The summed E-state index contributed by atoms with van der Waals surface area (Å²) in [4.78, 5) is 16.8. The van der Waals surface area contributed by atoms with E-state index in [0.717, 1.165) is 23.3 Å². The highest BCUT2D eigenvalue weighted by Gasteiger charge is 2.09. The Morgan fingerprint density at radius 1 is 1.24 bits per heavy atom. The largest absolute Gasteiger partial charge is 0.493 e. The maximum absolute atomic E-state index is 13.2. The lowest BCUT2D eigenvalue weighted by Gasteiger charge is -2.12. The van der Waals surface area contributed by atoms with Gasteiger partial charge in [0.15, 0.2) is 5.76 Å². The molecule has 34 heavy (non-hydrogen) atoms. The molecular weight excluding hydrogens is 435 g/mol. The van der Waals surface area contributed by atoms with E-state index in [1.54, 1.807) is 39.1 Å². The minimum Gasteiger partial charge on any atom is -0.493 e. The molecule has 0 aliphatic carbocycles. The van der Waals surface area contributed by atoms with Crippen molar-refractivity contribution < 1.29 is 23.8 Å². The van der Waals surface area contributed by atoms with Crippen LogP contribution in [0, 0.1) is 11.7 Å². The van der Waals surface area contributed by atoms with Gasteiger partial charge in [-0.05, 0) is 73.7 Å². The third-order valence-electron chi connectivity index (χ3n) is 5.02. The van der Waals surface area contributed by atoms with Gasteiger partial charge in [-0.15, -0.1) is 0 Å². The molecule has 0 aliphatic rings. The lowest BCUT2D eigenvalue weighted by atomic mass is 10.0.